The van der Waals surface area contributed by atoms with Crippen molar-refractivity contribution in [1.29, 1.82) is 0 Å². The van der Waals surface area contributed by atoms with Crippen LogP contribution in [0.3, 0.4) is 0 Å². The fourth-order valence-corrected chi connectivity index (χ4v) is 2.15. The first-order chi connectivity index (χ1) is 8.34. The first kappa shape index (κ1) is 10.0. The van der Waals surface area contributed by atoms with E-state index in [2.05, 4.69) is 10.3 Å². The molecule has 2 heterocycles. The number of hydrogen-bond donors (Lipinski definition) is 1. The molecule has 1 aliphatic rings. The Morgan fingerprint density at radius 1 is 1.12 bits per heavy atom. The summed E-state index contributed by atoms with van der Waals surface area (Å²) in [4.78, 5) is 16.3. The summed E-state index contributed by atoms with van der Waals surface area (Å²) in [5, 5.41) is 3.36. The molecular formula is C14H12N2O. The highest BCUT2D eigenvalue weighted by Crippen LogP contribution is 2.31. The van der Waals surface area contributed by atoms with E-state index in [4.69, 9.17) is 0 Å². The van der Waals surface area contributed by atoms with Crippen LogP contribution in [-0.2, 0) is 0 Å². The van der Waals surface area contributed by atoms with Crippen LogP contribution in [0.2, 0.25) is 0 Å². The standard InChI is InChI=1S/C14H12N2O/c17-14-9-13(12-7-3-4-8-15-12)16-11-6-2-1-5-10(11)14/h1-8,13,16H,9H2/t13-/m0/s1. The number of carbonyl (C=O) groups excluding carboxylic acids is 1. The molecule has 17 heavy (non-hydrogen) atoms. The van der Waals surface area contributed by atoms with Crippen molar-refractivity contribution in [2.24, 2.45) is 0 Å². The zero-order valence-corrected chi connectivity index (χ0v) is 9.26. The third kappa shape index (κ3) is 1.80. The zero-order chi connectivity index (χ0) is 11.7. The summed E-state index contributed by atoms with van der Waals surface area (Å²) in [6.45, 7) is 0. The molecule has 0 spiro atoms. The molecule has 3 heteroatoms. The van der Waals surface area contributed by atoms with Gasteiger partial charge in [-0.05, 0) is 24.3 Å². The fraction of sp³-hybridized carbons (Fsp3) is 0.143. The maximum atomic E-state index is 12.0. The maximum absolute atomic E-state index is 12.0. The van der Waals surface area contributed by atoms with E-state index >= 15 is 0 Å². The number of rotatable bonds is 1. The summed E-state index contributed by atoms with van der Waals surface area (Å²) < 4.78 is 0. The van der Waals surface area contributed by atoms with Crippen LogP contribution in [0.25, 0.3) is 0 Å². The van der Waals surface area contributed by atoms with Gasteiger partial charge < -0.3 is 5.32 Å². The number of hydrogen-bond acceptors (Lipinski definition) is 3. The molecule has 0 aliphatic carbocycles. The summed E-state index contributed by atoms with van der Waals surface area (Å²) >= 11 is 0. The second-order valence-corrected chi connectivity index (χ2v) is 4.12. The third-order valence-corrected chi connectivity index (χ3v) is 2.99. The van der Waals surface area contributed by atoms with Crippen molar-refractivity contribution in [1.82, 2.24) is 4.98 Å². The number of nitrogens with zero attached hydrogens (tertiary/aromatic N) is 1. The Hall–Kier alpha value is -2.16. The molecule has 1 aromatic carbocycles. The van der Waals surface area contributed by atoms with Gasteiger partial charge in [-0.15, -0.1) is 0 Å². The molecule has 0 saturated heterocycles. The van der Waals surface area contributed by atoms with Gasteiger partial charge in [-0.3, -0.25) is 9.78 Å². The number of para-hydroxylation sites is 1. The second-order valence-electron chi connectivity index (χ2n) is 4.12. The first-order valence-electron chi connectivity index (χ1n) is 5.64. The van der Waals surface area contributed by atoms with Crippen molar-refractivity contribution in [3.05, 3.63) is 59.9 Å². The third-order valence-electron chi connectivity index (χ3n) is 2.99. The summed E-state index contributed by atoms with van der Waals surface area (Å²) in [6.07, 6.45) is 2.22. The lowest BCUT2D eigenvalue weighted by molar-refractivity contribution is 0.0971. The second kappa shape index (κ2) is 4.01. The highest BCUT2D eigenvalue weighted by molar-refractivity contribution is 6.03. The number of benzene rings is 1. The van der Waals surface area contributed by atoms with Crippen LogP contribution in [0, 0.1) is 0 Å². The lowest BCUT2D eigenvalue weighted by Gasteiger charge is -2.25. The lowest BCUT2D eigenvalue weighted by Crippen LogP contribution is -2.23. The van der Waals surface area contributed by atoms with Crippen LogP contribution in [0.15, 0.2) is 48.7 Å². The molecule has 0 bridgehead atoms. The fourth-order valence-electron chi connectivity index (χ4n) is 2.15. The molecule has 3 nitrogen and oxygen atoms in total. The van der Waals surface area contributed by atoms with Crippen LogP contribution in [0.5, 0.6) is 0 Å². The van der Waals surface area contributed by atoms with E-state index in [0.29, 0.717) is 6.42 Å². The van der Waals surface area contributed by atoms with Gasteiger partial charge in [0.1, 0.15) is 0 Å². The van der Waals surface area contributed by atoms with Crippen molar-refractivity contribution in [2.75, 3.05) is 5.32 Å². The Labute approximate surface area is 99.5 Å². The predicted octanol–water partition coefficient (Wildman–Crippen LogP) is 2.82. The average Bonchev–Trinajstić information content (AvgIpc) is 2.40. The van der Waals surface area contributed by atoms with Crippen molar-refractivity contribution in [3.8, 4) is 0 Å². The van der Waals surface area contributed by atoms with Gasteiger partial charge in [-0.1, -0.05) is 18.2 Å². The van der Waals surface area contributed by atoms with Crippen molar-refractivity contribution >= 4 is 11.5 Å². The van der Waals surface area contributed by atoms with Crippen LogP contribution < -0.4 is 5.32 Å². The van der Waals surface area contributed by atoms with Crippen molar-refractivity contribution < 1.29 is 4.79 Å². The Morgan fingerprint density at radius 2 is 1.94 bits per heavy atom. The van der Waals surface area contributed by atoms with Crippen molar-refractivity contribution in [3.63, 3.8) is 0 Å². The van der Waals surface area contributed by atoms with E-state index in [1.165, 1.54) is 0 Å². The number of carbonyl (C=O) groups is 1. The summed E-state index contributed by atoms with van der Waals surface area (Å²) in [7, 11) is 0. The molecular weight excluding hydrogens is 212 g/mol. The van der Waals surface area contributed by atoms with E-state index in [9.17, 15) is 4.79 Å². The van der Waals surface area contributed by atoms with Gasteiger partial charge in [0.05, 0.1) is 11.7 Å². The van der Waals surface area contributed by atoms with Crippen LogP contribution in [-0.4, -0.2) is 10.8 Å². The number of ketones is 1. The SMILES string of the molecule is O=C1C[C@@H](c2ccccn2)Nc2ccccc21. The highest BCUT2D eigenvalue weighted by Gasteiger charge is 2.25. The number of fused-ring (bicyclic) bond motifs is 1. The summed E-state index contributed by atoms with van der Waals surface area (Å²) in [6, 6.07) is 13.4. The minimum atomic E-state index is -0.0152. The molecule has 2 aromatic rings. The smallest absolute Gasteiger partial charge is 0.167 e. The molecule has 84 valence electrons. The van der Waals surface area contributed by atoms with E-state index in [1.54, 1.807) is 6.20 Å². The highest BCUT2D eigenvalue weighted by atomic mass is 16.1. The minimum Gasteiger partial charge on any atom is -0.376 e. The number of nitrogens with one attached hydrogen (secondary N) is 1. The molecule has 0 amide bonds. The van der Waals surface area contributed by atoms with Crippen LogP contribution in [0.1, 0.15) is 28.5 Å². The monoisotopic (exact) mass is 224 g/mol. The molecule has 0 saturated carbocycles. The number of aromatic nitrogens is 1. The predicted molar refractivity (Wildman–Crippen MR) is 66.0 cm³/mol. The van der Waals surface area contributed by atoms with Gasteiger partial charge in [-0.2, -0.15) is 0 Å². The first-order valence-corrected chi connectivity index (χ1v) is 5.64. The molecule has 0 fully saturated rings. The largest absolute Gasteiger partial charge is 0.376 e. The van der Waals surface area contributed by atoms with Gasteiger partial charge in [-0.25, -0.2) is 0 Å². The summed E-state index contributed by atoms with van der Waals surface area (Å²) in [5.74, 6) is 0.176. The number of anilines is 1. The quantitative estimate of drug-likeness (QED) is 0.809. The molecule has 0 radical (unpaired) electrons. The molecule has 3 rings (SSSR count). The normalized spacial score (nSPS) is 18.4. The Balaban J connectivity index is 1.97. The molecule has 1 atom stereocenters. The Kier molecular flexibility index (Phi) is 2.37. The molecule has 0 unspecified atom stereocenters. The van der Waals surface area contributed by atoms with Gasteiger partial charge in [0.25, 0.3) is 0 Å². The number of pyridine rings is 1. The molecule has 1 aliphatic heterocycles. The minimum absolute atomic E-state index is 0.0152. The van der Waals surface area contributed by atoms with E-state index in [0.717, 1.165) is 16.9 Å². The van der Waals surface area contributed by atoms with E-state index in [1.807, 2.05) is 42.5 Å². The van der Waals surface area contributed by atoms with Crippen LogP contribution in [0.4, 0.5) is 5.69 Å². The Bertz CT molecular complexity index is 551. The molecule has 1 N–H and O–H groups in total. The maximum Gasteiger partial charge on any atom is 0.167 e. The summed E-state index contributed by atoms with van der Waals surface area (Å²) in [5.41, 5.74) is 2.59. The zero-order valence-electron chi connectivity index (χ0n) is 9.26. The van der Waals surface area contributed by atoms with E-state index < -0.39 is 0 Å². The van der Waals surface area contributed by atoms with Gasteiger partial charge >= 0.3 is 0 Å². The van der Waals surface area contributed by atoms with Crippen molar-refractivity contribution in [2.45, 2.75) is 12.5 Å². The Morgan fingerprint density at radius 3 is 2.76 bits per heavy atom. The van der Waals surface area contributed by atoms with Gasteiger partial charge in [0.15, 0.2) is 5.78 Å². The molecule has 1 aromatic heterocycles. The average molecular weight is 224 g/mol. The topological polar surface area (TPSA) is 42.0 Å². The lowest BCUT2D eigenvalue weighted by atomic mass is 9.95. The van der Waals surface area contributed by atoms with Crippen LogP contribution >= 0.6 is 0 Å². The van der Waals surface area contributed by atoms with Gasteiger partial charge in [0, 0.05) is 23.9 Å². The number of Topliss-reactive ketones (excluding diaryl/α,β-unsaturated/α-hetero) is 1. The van der Waals surface area contributed by atoms with E-state index in [-0.39, 0.29) is 11.8 Å². The van der Waals surface area contributed by atoms with Gasteiger partial charge in [0.2, 0.25) is 0 Å².